The molecule has 2 rings (SSSR count). The Labute approximate surface area is 164 Å². The van der Waals surface area contributed by atoms with Gasteiger partial charge >= 0.3 is 0 Å². The van der Waals surface area contributed by atoms with Crippen LogP contribution in [0.3, 0.4) is 0 Å². The van der Waals surface area contributed by atoms with Crippen LogP contribution in [0.25, 0.3) is 0 Å². The fraction of sp³-hybridized carbons (Fsp3) is 0.375. The van der Waals surface area contributed by atoms with Gasteiger partial charge in [0.05, 0.1) is 14.1 Å². The van der Waals surface area contributed by atoms with E-state index < -0.39 is 20.0 Å². The minimum absolute atomic E-state index is 0.0427. The van der Waals surface area contributed by atoms with Crippen molar-refractivity contribution >= 4 is 43.0 Å². The van der Waals surface area contributed by atoms with Gasteiger partial charge in [-0.3, -0.25) is 0 Å². The Kier molecular flexibility index (Phi) is 6.86. The molecule has 0 N–H and O–H groups in total. The molecule has 26 heavy (non-hydrogen) atoms. The topological polar surface area (TPSA) is 74.8 Å². The van der Waals surface area contributed by atoms with Gasteiger partial charge in [-0.2, -0.15) is 8.61 Å². The van der Waals surface area contributed by atoms with E-state index in [-0.39, 0.29) is 16.3 Å². The van der Waals surface area contributed by atoms with E-state index in [1.165, 1.54) is 51.3 Å². The fourth-order valence-electron chi connectivity index (χ4n) is 2.42. The van der Waals surface area contributed by atoms with Crippen LogP contribution in [0.2, 0.25) is 4.34 Å². The highest BCUT2D eigenvalue weighted by molar-refractivity contribution is 7.89. The predicted molar refractivity (Wildman–Crippen MR) is 105 cm³/mol. The zero-order valence-electron chi connectivity index (χ0n) is 14.7. The highest BCUT2D eigenvalue weighted by Gasteiger charge is 2.25. The Morgan fingerprint density at radius 2 is 1.38 bits per heavy atom. The lowest BCUT2D eigenvalue weighted by atomic mass is 10.4. The monoisotopic (exact) mass is 436 g/mol. The Morgan fingerprint density at radius 1 is 0.885 bits per heavy atom. The molecule has 0 aliphatic heterocycles. The molecule has 0 atom stereocenters. The van der Waals surface area contributed by atoms with Crippen molar-refractivity contribution in [2.24, 2.45) is 0 Å². The standard InChI is InChI=1S/C16H21ClN2O4S3/c1-4-19(5-2)26(22,23)15-9-7-14(8-10-15)25(20,21)18(3)12-13-6-11-16(17)24-13/h6-11H,4-5,12H2,1-3H3. The lowest BCUT2D eigenvalue weighted by Gasteiger charge is -2.19. The SMILES string of the molecule is CCN(CC)S(=O)(=O)c1ccc(S(=O)(=O)N(C)Cc2ccc(Cl)s2)cc1. The van der Waals surface area contributed by atoms with Crippen LogP contribution >= 0.6 is 22.9 Å². The number of nitrogens with zero attached hydrogens (tertiary/aromatic N) is 2. The first-order valence-electron chi connectivity index (χ1n) is 7.93. The molecule has 0 saturated carbocycles. The van der Waals surface area contributed by atoms with Crippen LogP contribution in [-0.2, 0) is 26.6 Å². The smallest absolute Gasteiger partial charge is 0.207 e. The third-order valence-corrected chi connectivity index (χ3v) is 8.98. The summed E-state index contributed by atoms with van der Waals surface area (Å²) in [7, 11) is -5.87. The van der Waals surface area contributed by atoms with E-state index in [0.717, 1.165) is 4.88 Å². The Bertz CT molecular complexity index is 950. The summed E-state index contributed by atoms with van der Waals surface area (Å²) in [5.41, 5.74) is 0. The third-order valence-electron chi connectivity index (χ3n) is 3.88. The first kappa shape index (κ1) is 21.3. The molecule has 0 aliphatic carbocycles. The number of sulfonamides is 2. The van der Waals surface area contributed by atoms with Crippen molar-refractivity contribution in [3.8, 4) is 0 Å². The van der Waals surface area contributed by atoms with E-state index in [0.29, 0.717) is 17.4 Å². The van der Waals surface area contributed by atoms with Gasteiger partial charge in [-0.05, 0) is 36.4 Å². The molecule has 1 heterocycles. The third kappa shape index (κ3) is 4.47. The maximum atomic E-state index is 12.7. The van der Waals surface area contributed by atoms with Crippen LogP contribution in [0, 0.1) is 0 Å². The highest BCUT2D eigenvalue weighted by atomic mass is 35.5. The van der Waals surface area contributed by atoms with Gasteiger partial charge in [0.25, 0.3) is 0 Å². The summed E-state index contributed by atoms with van der Waals surface area (Å²) in [5, 5.41) is 0. The van der Waals surface area contributed by atoms with Gasteiger partial charge in [-0.15, -0.1) is 11.3 Å². The van der Waals surface area contributed by atoms with Crippen molar-refractivity contribution in [3.63, 3.8) is 0 Å². The second-order valence-corrected chi connectivity index (χ2v) is 11.3. The van der Waals surface area contributed by atoms with E-state index in [1.54, 1.807) is 26.0 Å². The number of thiophene rings is 1. The van der Waals surface area contributed by atoms with E-state index in [1.807, 2.05) is 0 Å². The van der Waals surface area contributed by atoms with Crippen molar-refractivity contribution in [3.05, 3.63) is 45.6 Å². The van der Waals surface area contributed by atoms with Crippen molar-refractivity contribution in [2.75, 3.05) is 20.1 Å². The second-order valence-electron chi connectivity index (χ2n) is 5.53. The fourth-order valence-corrected chi connectivity index (χ4v) is 6.25. The number of hydrogen-bond donors (Lipinski definition) is 0. The van der Waals surface area contributed by atoms with Crippen LogP contribution < -0.4 is 0 Å². The number of halogens is 1. The van der Waals surface area contributed by atoms with E-state index in [2.05, 4.69) is 0 Å². The molecule has 0 radical (unpaired) electrons. The molecule has 10 heteroatoms. The van der Waals surface area contributed by atoms with Crippen LogP contribution in [-0.4, -0.2) is 45.6 Å². The van der Waals surface area contributed by atoms with Gasteiger partial charge < -0.3 is 0 Å². The minimum atomic E-state index is -3.73. The molecule has 0 aliphatic rings. The Balaban J connectivity index is 2.26. The first-order valence-corrected chi connectivity index (χ1v) is 12.0. The van der Waals surface area contributed by atoms with E-state index in [9.17, 15) is 16.8 Å². The van der Waals surface area contributed by atoms with Crippen LogP contribution in [0.1, 0.15) is 18.7 Å². The van der Waals surface area contributed by atoms with E-state index >= 15 is 0 Å². The van der Waals surface area contributed by atoms with Crippen molar-refractivity contribution in [1.29, 1.82) is 0 Å². The normalized spacial score (nSPS) is 12.8. The molecule has 0 saturated heterocycles. The maximum Gasteiger partial charge on any atom is 0.243 e. The number of hydrogen-bond acceptors (Lipinski definition) is 5. The summed E-state index contributed by atoms with van der Waals surface area (Å²) in [6, 6.07) is 8.80. The highest BCUT2D eigenvalue weighted by Crippen LogP contribution is 2.25. The second kappa shape index (κ2) is 8.37. The quantitative estimate of drug-likeness (QED) is 0.636. The summed E-state index contributed by atoms with van der Waals surface area (Å²) in [6.45, 7) is 4.41. The summed E-state index contributed by atoms with van der Waals surface area (Å²) in [4.78, 5) is 0.941. The van der Waals surface area contributed by atoms with Crippen molar-refractivity contribution < 1.29 is 16.8 Å². The van der Waals surface area contributed by atoms with Crippen molar-refractivity contribution in [2.45, 2.75) is 30.2 Å². The maximum absolute atomic E-state index is 12.7. The van der Waals surface area contributed by atoms with Gasteiger partial charge in [-0.25, -0.2) is 16.8 Å². The molecule has 2 aromatic rings. The number of benzene rings is 1. The van der Waals surface area contributed by atoms with Gasteiger partial charge in [0.15, 0.2) is 0 Å². The molecule has 0 amide bonds. The van der Waals surface area contributed by atoms with Gasteiger partial charge in [-0.1, -0.05) is 25.4 Å². The molecule has 0 bridgehead atoms. The van der Waals surface area contributed by atoms with Crippen molar-refractivity contribution in [1.82, 2.24) is 8.61 Å². The molecule has 144 valence electrons. The number of rotatable bonds is 8. The summed E-state index contributed by atoms with van der Waals surface area (Å²) in [6.07, 6.45) is 0. The lowest BCUT2D eigenvalue weighted by molar-refractivity contribution is 0.445. The summed E-state index contributed by atoms with van der Waals surface area (Å²) < 4.78 is 53.5. The summed E-state index contributed by atoms with van der Waals surface area (Å²) in [5.74, 6) is 0. The minimum Gasteiger partial charge on any atom is -0.207 e. The largest absolute Gasteiger partial charge is 0.243 e. The zero-order valence-corrected chi connectivity index (χ0v) is 17.9. The van der Waals surface area contributed by atoms with E-state index in [4.69, 9.17) is 11.6 Å². The molecular weight excluding hydrogens is 416 g/mol. The predicted octanol–water partition coefficient (Wildman–Crippen LogP) is 3.25. The zero-order chi connectivity index (χ0) is 19.5. The van der Waals surface area contributed by atoms with Crippen LogP contribution in [0.15, 0.2) is 46.2 Å². The molecular formula is C16H21ClN2O4S3. The Hall–Kier alpha value is -0.970. The summed E-state index contributed by atoms with van der Waals surface area (Å²) >= 11 is 7.19. The first-order chi connectivity index (χ1) is 12.1. The molecule has 1 aromatic carbocycles. The van der Waals surface area contributed by atoms with Crippen LogP contribution in [0.5, 0.6) is 0 Å². The van der Waals surface area contributed by atoms with Gasteiger partial charge in [0.1, 0.15) is 0 Å². The average molecular weight is 437 g/mol. The van der Waals surface area contributed by atoms with Gasteiger partial charge in [0, 0.05) is 31.6 Å². The average Bonchev–Trinajstić information content (AvgIpc) is 3.00. The molecule has 6 nitrogen and oxygen atoms in total. The molecule has 0 unspecified atom stereocenters. The Morgan fingerprint density at radius 3 is 1.81 bits per heavy atom. The lowest BCUT2D eigenvalue weighted by Crippen LogP contribution is -2.30. The molecule has 0 fully saturated rings. The molecule has 0 spiro atoms. The van der Waals surface area contributed by atoms with Gasteiger partial charge in [0.2, 0.25) is 20.0 Å². The van der Waals surface area contributed by atoms with Crippen LogP contribution in [0.4, 0.5) is 0 Å². The molecule has 1 aromatic heterocycles.